The molecule has 158 valence electrons. The molecular weight excluding hydrogens is 441 g/mol. The van der Waals surface area contributed by atoms with Crippen LogP contribution in [-0.4, -0.2) is 33.4 Å². The minimum Gasteiger partial charge on any atom is -0.331 e. The third-order valence-electron chi connectivity index (χ3n) is 5.19. The van der Waals surface area contributed by atoms with Gasteiger partial charge in [0.15, 0.2) is 0 Å². The molecule has 8 nitrogen and oxygen atoms in total. The Balaban J connectivity index is 1.37. The fourth-order valence-electron chi connectivity index (χ4n) is 3.55. The third kappa shape index (κ3) is 3.40. The van der Waals surface area contributed by atoms with E-state index in [1.165, 1.54) is 46.7 Å². The molecule has 0 saturated carbocycles. The van der Waals surface area contributed by atoms with Crippen LogP contribution in [0.25, 0.3) is 10.2 Å². The number of carbonyl (C=O) groups excluding carboxylic acids is 1. The van der Waals surface area contributed by atoms with Crippen LogP contribution in [0.4, 0.5) is 4.39 Å². The molecule has 0 aliphatic carbocycles. The van der Waals surface area contributed by atoms with E-state index in [2.05, 4.69) is 10.1 Å². The van der Waals surface area contributed by atoms with Crippen LogP contribution >= 0.6 is 11.3 Å². The van der Waals surface area contributed by atoms with E-state index in [4.69, 9.17) is 5.73 Å². The monoisotopic (exact) mass is 457 g/mol. The summed E-state index contributed by atoms with van der Waals surface area (Å²) in [6.07, 6.45) is 1.42. The van der Waals surface area contributed by atoms with E-state index in [-0.39, 0.29) is 23.9 Å². The largest absolute Gasteiger partial charge is 0.331 e. The fourth-order valence-corrected chi connectivity index (χ4v) is 5.54. The highest BCUT2D eigenvalue weighted by atomic mass is 32.2. The lowest BCUT2D eigenvalue weighted by Crippen LogP contribution is -2.35. The number of fused-ring (bicyclic) bond motifs is 2. The molecule has 4 aromatic rings. The second-order valence-electron chi connectivity index (χ2n) is 7.19. The smallest absolute Gasteiger partial charge is 0.283 e. The molecule has 11 heteroatoms. The first-order valence-corrected chi connectivity index (χ1v) is 11.6. The SMILES string of the molecule is N[C@@H](C(=O)N1Cc2cn(S(=O)(=O)c3ccc4ncsc4c3)nc2C1)c1cccc(F)c1. The zero-order valence-electron chi connectivity index (χ0n) is 16.0. The molecule has 31 heavy (non-hydrogen) atoms. The Labute approximate surface area is 180 Å². The molecule has 1 atom stereocenters. The van der Waals surface area contributed by atoms with Crippen molar-refractivity contribution in [2.75, 3.05) is 0 Å². The van der Waals surface area contributed by atoms with Gasteiger partial charge in [0.25, 0.3) is 10.0 Å². The van der Waals surface area contributed by atoms with E-state index in [1.807, 2.05) is 0 Å². The average molecular weight is 458 g/mol. The summed E-state index contributed by atoms with van der Waals surface area (Å²) < 4.78 is 41.1. The van der Waals surface area contributed by atoms with Crippen LogP contribution in [0.2, 0.25) is 0 Å². The first kappa shape index (κ1) is 19.8. The van der Waals surface area contributed by atoms with Crippen molar-refractivity contribution in [2.45, 2.75) is 24.0 Å². The van der Waals surface area contributed by atoms with Gasteiger partial charge in [0, 0.05) is 18.3 Å². The van der Waals surface area contributed by atoms with E-state index in [0.29, 0.717) is 16.8 Å². The van der Waals surface area contributed by atoms with Gasteiger partial charge in [-0.2, -0.15) is 17.6 Å². The van der Waals surface area contributed by atoms with Crippen LogP contribution in [0.15, 0.2) is 59.1 Å². The Morgan fingerprint density at radius 3 is 2.81 bits per heavy atom. The highest BCUT2D eigenvalue weighted by molar-refractivity contribution is 7.89. The number of halogens is 1. The number of carbonyl (C=O) groups is 1. The number of hydrogen-bond donors (Lipinski definition) is 1. The summed E-state index contributed by atoms with van der Waals surface area (Å²) in [7, 11) is -3.87. The van der Waals surface area contributed by atoms with Crippen molar-refractivity contribution in [3.05, 3.63) is 76.8 Å². The van der Waals surface area contributed by atoms with Gasteiger partial charge in [0.05, 0.1) is 32.9 Å². The predicted octanol–water partition coefficient (Wildman–Crippen LogP) is 2.41. The Morgan fingerprint density at radius 2 is 2.03 bits per heavy atom. The molecule has 1 amide bonds. The molecule has 0 fully saturated rings. The molecule has 2 aromatic carbocycles. The Morgan fingerprint density at radius 1 is 1.19 bits per heavy atom. The zero-order valence-corrected chi connectivity index (χ0v) is 17.6. The van der Waals surface area contributed by atoms with E-state index < -0.39 is 21.9 Å². The standard InChI is InChI=1S/C20H16FN5O3S2/c21-14-3-1-2-12(6-14)19(22)20(27)25-8-13-9-26(24-17(13)10-25)31(28,29)15-4-5-16-18(7-15)30-11-23-16/h1-7,9,11,19H,8,10,22H2/t19-/m1/s1. The van der Waals surface area contributed by atoms with E-state index in [9.17, 15) is 17.6 Å². The van der Waals surface area contributed by atoms with Crippen molar-refractivity contribution in [2.24, 2.45) is 5.73 Å². The molecule has 2 aromatic heterocycles. The van der Waals surface area contributed by atoms with Gasteiger partial charge in [-0.25, -0.2) is 9.37 Å². The minimum absolute atomic E-state index is 0.117. The Kier molecular flexibility index (Phi) is 4.61. The molecule has 1 aliphatic rings. The van der Waals surface area contributed by atoms with E-state index in [0.717, 1.165) is 14.3 Å². The fraction of sp³-hybridized carbons (Fsp3) is 0.150. The maximum absolute atomic E-state index is 13.4. The lowest BCUT2D eigenvalue weighted by atomic mass is 10.1. The van der Waals surface area contributed by atoms with Gasteiger partial charge < -0.3 is 10.6 Å². The van der Waals surface area contributed by atoms with Crippen LogP contribution in [-0.2, 0) is 27.9 Å². The van der Waals surface area contributed by atoms with Gasteiger partial charge in [-0.05, 0) is 35.9 Å². The van der Waals surface area contributed by atoms with Crippen molar-refractivity contribution in [3.8, 4) is 0 Å². The molecule has 2 N–H and O–H groups in total. The summed E-state index contributed by atoms with van der Waals surface area (Å²) in [4.78, 5) is 18.5. The van der Waals surface area contributed by atoms with Crippen LogP contribution in [0.3, 0.4) is 0 Å². The lowest BCUT2D eigenvalue weighted by molar-refractivity contribution is -0.133. The maximum Gasteiger partial charge on any atom is 0.283 e. The molecule has 0 saturated heterocycles. The topological polar surface area (TPSA) is 111 Å². The Bertz CT molecular complexity index is 1410. The number of amides is 1. The number of benzene rings is 2. The summed E-state index contributed by atoms with van der Waals surface area (Å²) in [6.45, 7) is 0.314. The van der Waals surface area contributed by atoms with Crippen LogP contribution < -0.4 is 5.73 Å². The van der Waals surface area contributed by atoms with E-state index >= 15 is 0 Å². The van der Waals surface area contributed by atoms with Gasteiger partial charge >= 0.3 is 0 Å². The summed E-state index contributed by atoms with van der Waals surface area (Å²) in [6, 6.07) is 9.31. The second kappa shape index (κ2) is 7.22. The number of aromatic nitrogens is 3. The first-order valence-electron chi connectivity index (χ1n) is 9.29. The van der Waals surface area contributed by atoms with Gasteiger partial charge in [-0.1, -0.05) is 12.1 Å². The van der Waals surface area contributed by atoms with Crippen molar-refractivity contribution in [3.63, 3.8) is 0 Å². The van der Waals surface area contributed by atoms with E-state index in [1.54, 1.807) is 23.7 Å². The maximum atomic E-state index is 13.4. The molecule has 3 heterocycles. The summed E-state index contributed by atoms with van der Waals surface area (Å²) in [5.41, 5.74) is 9.90. The van der Waals surface area contributed by atoms with Gasteiger partial charge in [-0.15, -0.1) is 11.3 Å². The Hall–Kier alpha value is -3.15. The van der Waals surface area contributed by atoms with Crippen LogP contribution in [0.5, 0.6) is 0 Å². The van der Waals surface area contributed by atoms with Crippen LogP contribution in [0, 0.1) is 5.82 Å². The molecule has 0 radical (unpaired) electrons. The number of rotatable bonds is 4. The minimum atomic E-state index is -3.87. The van der Waals surface area contributed by atoms with Crippen molar-refractivity contribution < 1.29 is 17.6 Å². The van der Waals surface area contributed by atoms with Crippen molar-refractivity contribution in [1.82, 2.24) is 19.1 Å². The number of thiazole rings is 1. The van der Waals surface area contributed by atoms with Gasteiger partial charge in [-0.3, -0.25) is 4.79 Å². The molecular formula is C20H16FN5O3S2. The van der Waals surface area contributed by atoms with Gasteiger partial charge in [0.1, 0.15) is 11.9 Å². The first-order chi connectivity index (χ1) is 14.8. The van der Waals surface area contributed by atoms with Crippen molar-refractivity contribution in [1.29, 1.82) is 0 Å². The highest BCUT2D eigenvalue weighted by Crippen LogP contribution is 2.28. The second-order valence-corrected chi connectivity index (χ2v) is 9.87. The molecule has 0 unspecified atom stereocenters. The lowest BCUT2D eigenvalue weighted by Gasteiger charge is -2.20. The molecule has 0 spiro atoms. The average Bonchev–Trinajstić information content (AvgIpc) is 3.46. The predicted molar refractivity (Wildman–Crippen MR) is 112 cm³/mol. The summed E-state index contributed by atoms with van der Waals surface area (Å²) in [5, 5.41) is 4.21. The quantitative estimate of drug-likeness (QED) is 0.504. The van der Waals surface area contributed by atoms with Crippen LogP contribution in [0.1, 0.15) is 22.9 Å². The summed E-state index contributed by atoms with van der Waals surface area (Å²) >= 11 is 1.36. The highest BCUT2D eigenvalue weighted by Gasteiger charge is 2.32. The number of nitrogens with two attached hydrogens (primary N) is 1. The number of hydrogen-bond acceptors (Lipinski definition) is 7. The summed E-state index contributed by atoms with van der Waals surface area (Å²) in [5.74, 6) is -0.850. The number of nitrogens with zero attached hydrogens (tertiary/aromatic N) is 4. The molecule has 1 aliphatic heterocycles. The normalized spacial score (nSPS) is 14.7. The molecule has 5 rings (SSSR count). The molecule has 0 bridgehead atoms. The van der Waals surface area contributed by atoms with Gasteiger partial charge in [0.2, 0.25) is 5.91 Å². The third-order valence-corrected chi connectivity index (χ3v) is 7.51. The zero-order chi connectivity index (χ0) is 21.8. The van der Waals surface area contributed by atoms with Crippen molar-refractivity contribution >= 4 is 37.5 Å².